The molecule has 34 heavy (non-hydrogen) atoms. The number of Topliss-reactive ketones (excluding diaryl/α,β-unsaturated/α-hetero) is 1. The Morgan fingerprint density at radius 2 is 1.71 bits per heavy atom. The summed E-state index contributed by atoms with van der Waals surface area (Å²) in [4.78, 5) is 32.0. The van der Waals surface area contributed by atoms with E-state index in [1.165, 1.54) is 12.0 Å². The average Bonchev–Trinajstić information content (AvgIpc) is 3.08. The van der Waals surface area contributed by atoms with E-state index in [1.54, 1.807) is 48.8 Å². The number of aliphatic hydroxyl groups excluding tert-OH is 1. The maximum Gasteiger partial charge on any atom is 0.295 e. The van der Waals surface area contributed by atoms with E-state index in [0.717, 1.165) is 16.7 Å². The molecule has 0 spiro atoms. The van der Waals surface area contributed by atoms with Crippen LogP contribution in [0.3, 0.4) is 0 Å². The molecule has 6 nitrogen and oxygen atoms in total. The highest BCUT2D eigenvalue weighted by Crippen LogP contribution is 2.41. The van der Waals surface area contributed by atoms with Crippen molar-refractivity contribution in [3.8, 4) is 5.75 Å². The molecular formula is C28H28N2O4. The normalized spacial score (nSPS) is 17.8. The summed E-state index contributed by atoms with van der Waals surface area (Å²) in [5, 5.41) is 11.2. The third-order valence-corrected chi connectivity index (χ3v) is 6.08. The van der Waals surface area contributed by atoms with Gasteiger partial charge in [0.1, 0.15) is 11.5 Å². The zero-order valence-electron chi connectivity index (χ0n) is 19.8. The monoisotopic (exact) mass is 456 g/mol. The number of carbonyl (C=O) groups is 2. The van der Waals surface area contributed by atoms with Crippen molar-refractivity contribution in [2.24, 2.45) is 0 Å². The van der Waals surface area contributed by atoms with Crippen molar-refractivity contribution >= 4 is 17.4 Å². The Morgan fingerprint density at radius 1 is 1.03 bits per heavy atom. The molecule has 1 amide bonds. The van der Waals surface area contributed by atoms with Crippen LogP contribution >= 0.6 is 0 Å². The molecule has 0 aliphatic carbocycles. The second-order valence-corrected chi connectivity index (χ2v) is 9.39. The molecule has 2 aromatic carbocycles. The molecular weight excluding hydrogens is 428 g/mol. The maximum absolute atomic E-state index is 13.2. The van der Waals surface area contributed by atoms with E-state index < -0.39 is 17.7 Å². The van der Waals surface area contributed by atoms with E-state index in [-0.39, 0.29) is 23.3 Å². The number of hydrogen-bond acceptors (Lipinski definition) is 5. The van der Waals surface area contributed by atoms with Gasteiger partial charge in [0.15, 0.2) is 0 Å². The Balaban J connectivity index is 1.86. The van der Waals surface area contributed by atoms with Gasteiger partial charge in [-0.25, -0.2) is 0 Å². The van der Waals surface area contributed by atoms with Gasteiger partial charge in [0.05, 0.1) is 18.7 Å². The number of hydrogen-bond donors (Lipinski definition) is 1. The molecule has 1 aliphatic rings. The minimum Gasteiger partial charge on any atom is -0.507 e. The highest BCUT2D eigenvalue weighted by molar-refractivity contribution is 6.46. The van der Waals surface area contributed by atoms with E-state index in [0.29, 0.717) is 11.3 Å². The first-order valence-electron chi connectivity index (χ1n) is 11.1. The molecule has 1 saturated heterocycles. The lowest BCUT2D eigenvalue weighted by molar-refractivity contribution is -0.140. The lowest BCUT2D eigenvalue weighted by Crippen LogP contribution is -2.29. The molecule has 6 heteroatoms. The van der Waals surface area contributed by atoms with Crippen LogP contribution in [-0.4, -0.2) is 33.8 Å². The van der Waals surface area contributed by atoms with Crippen molar-refractivity contribution in [1.82, 2.24) is 9.88 Å². The zero-order chi connectivity index (χ0) is 24.5. The number of benzene rings is 2. The molecule has 174 valence electrons. The van der Waals surface area contributed by atoms with Gasteiger partial charge in [-0.2, -0.15) is 0 Å². The van der Waals surface area contributed by atoms with Crippen LogP contribution in [0.25, 0.3) is 5.76 Å². The third kappa shape index (κ3) is 4.44. The summed E-state index contributed by atoms with van der Waals surface area (Å²) < 4.78 is 5.27. The predicted octanol–water partition coefficient (Wildman–Crippen LogP) is 5.01. The summed E-state index contributed by atoms with van der Waals surface area (Å²) >= 11 is 0. The minimum atomic E-state index is -0.728. The van der Waals surface area contributed by atoms with Crippen LogP contribution in [0.15, 0.2) is 78.6 Å². The second kappa shape index (κ2) is 9.14. The van der Waals surface area contributed by atoms with Crippen molar-refractivity contribution in [2.75, 3.05) is 7.11 Å². The Morgan fingerprint density at radius 3 is 2.32 bits per heavy atom. The standard InChI is InChI=1S/C28H28N2O4/c1-28(2,3)21-10-8-19(9-11-21)24-23(25(31)20-6-5-7-22(16-20)34-4)26(32)27(33)30(24)17-18-12-14-29-15-13-18/h5-16,24,31H,17H2,1-4H3/b25-23+. The summed E-state index contributed by atoms with van der Waals surface area (Å²) in [6.07, 6.45) is 3.30. The molecule has 0 bridgehead atoms. The van der Waals surface area contributed by atoms with Gasteiger partial charge in [0.2, 0.25) is 0 Å². The van der Waals surface area contributed by atoms with Crippen LogP contribution in [-0.2, 0) is 21.5 Å². The lowest BCUT2D eigenvalue weighted by Gasteiger charge is -2.26. The first kappa shape index (κ1) is 23.2. The third-order valence-electron chi connectivity index (χ3n) is 6.08. The zero-order valence-corrected chi connectivity index (χ0v) is 19.8. The number of methoxy groups -OCH3 is 1. The van der Waals surface area contributed by atoms with Crippen molar-refractivity contribution < 1.29 is 19.4 Å². The SMILES string of the molecule is COc1cccc(/C(O)=C2\C(=O)C(=O)N(Cc3ccncc3)C2c2ccc(C(C)(C)C)cc2)c1. The van der Waals surface area contributed by atoms with Crippen LogP contribution in [0, 0.1) is 0 Å². The molecule has 4 rings (SSSR count). The summed E-state index contributed by atoms with van der Waals surface area (Å²) in [5.41, 5.74) is 3.17. The van der Waals surface area contributed by atoms with Gasteiger partial charge in [-0.15, -0.1) is 0 Å². The Hall–Kier alpha value is -3.93. The van der Waals surface area contributed by atoms with Crippen molar-refractivity contribution in [1.29, 1.82) is 0 Å². The molecule has 1 N–H and O–H groups in total. The van der Waals surface area contributed by atoms with E-state index in [9.17, 15) is 14.7 Å². The molecule has 1 unspecified atom stereocenters. The fourth-order valence-electron chi connectivity index (χ4n) is 4.17. The van der Waals surface area contributed by atoms with Crippen molar-refractivity contribution in [2.45, 2.75) is 38.8 Å². The molecule has 3 aromatic rings. The van der Waals surface area contributed by atoms with Crippen LogP contribution in [0.2, 0.25) is 0 Å². The Bertz CT molecular complexity index is 1240. The fourth-order valence-corrected chi connectivity index (χ4v) is 4.17. The smallest absolute Gasteiger partial charge is 0.295 e. The first-order chi connectivity index (χ1) is 16.2. The highest BCUT2D eigenvalue weighted by Gasteiger charge is 2.46. The quantitative estimate of drug-likeness (QED) is 0.332. The number of aromatic nitrogens is 1. The molecule has 1 aromatic heterocycles. The average molecular weight is 457 g/mol. The minimum absolute atomic E-state index is 0.0437. The molecule has 1 atom stereocenters. The molecule has 2 heterocycles. The van der Waals surface area contributed by atoms with Crippen LogP contribution < -0.4 is 4.74 Å². The van der Waals surface area contributed by atoms with Crippen LogP contribution in [0.1, 0.15) is 49.1 Å². The summed E-state index contributed by atoms with van der Waals surface area (Å²) in [6, 6.07) is 17.6. The highest BCUT2D eigenvalue weighted by atomic mass is 16.5. The van der Waals surface area contributed by atoms with Gasteiger partial charge in [-0.1, -0.05) is 57.2 Å². The molecule has 0 saturated carbocycles. The van der Waals surface area contributed by atoms with Crippen LogP contribution in [0.5, 0.6) is 5.75 Å². The summed E-state index contributed by atoms with van der Waals surface area (Å²) in [5.74, 6) is -1.04. The topological polar surface area (TPSA) is 79.7 Å². The number of rotatable bonds is 5. The van der Waals surface area contributed by atoms with E-state index in [2.05, 4.69) is 25.8 Å². The Kier molecular flexibility index (Phi) is 6.24. The van der Waals surface area contributed by atoms with Crippen molar-refractivity contribution in [3.05, 3.63) is 101 Å². The number of amides is 1. The number of carbonyl (C=O) groups excluding carboxylic acids is 2. The first-order valence-corrected chi connectivity index (χ1v) is 11.1. The number of likely N-dealkylation sites (tertiary alicyclic amines) is 1. The van der Waals surface area contributed by atoms with Gasteiger partial charge in [-0.3, -0.25) is 14.6 Å². The number of pyridine rings is 1. The predicted molar refractivity (Wildman–Crippen MR) is 130 cm³/mol. The second-order valence-electron chi connectivity index (χ2n) is 9.39. The van der Waals surface area contributed by atoms with Crippen LogP contribution in [0.4, 0.5) is 0 Å². The lowest BCUT2D eigenvalue weighted by atomic mass is 9.85. The van der Waals surface area contributed by atoms with Crippen molar-refractivity contribution in [3.63, 3.8) is 0 Å². The van der Waals surface area contributed by atoms with Gasteiger partial charge in [0.25, 0.3) is 11.7 Å². The summed E-state index contributed by atoms with van der Waals surface area (Å²) in [7, 11) is 1.53. The number of nitrogens with zero attached hydrogens (tertiary/aromatic N) is 2. The molecule has 1 fully saturated rings. The Labute approximate surface area is 199 Å². The molecule has 1 aliphatic heterocycles. The fraction of sp³-hybridized carbons (Fsp3) is 0.250. The summed E-state index contributed by atoms with van der Waals surface area (Å²) in [6.45, 7) is 6.59. The van der Waals surface area contributed by atoms with E-state index >= 15 is 0 Å². The van der Waals surface area contributed by atoms with Gasteiger partial charge in [-0.05, 0) is 46.4 Å². The van der Waals surface area contributed by atoms with Gasteiger partial charge >= 0.3 is 0 Å². The van der Waals surface area contributed by atoms with E-state index in [1.807, 2.05) is 24.3 Å². The van der Waals surface area contributed by atoms with Gasteiger partial charge in [0, 0.05) is 24.5 Å². The molecule has 0 radical (unpaired) electrons. The van der Waals surface area contributed by atoms with E-state index in [4.69, 9.17) is 4.74 Å². The number of ketones is 1. The number of aliphatic hydroxyl groups is 1. The van der Waals surface area contributed by atoms with Gasteiger partial charge < -0.3 is 14.7 Å². The number of ether oxygens (including phenoxy) is 1. The largest absolute Gasteiger partial charge is 0.507 e. The maximum atomic E-state index is 13.2.